The van der Waals surface area contributed by atoms with Gasteiger partial charge in [0.15, 0.2) is 0 Å². The number of halogens is 1. The van der Waals surface area contributed by atoms with Gasteiger partial charge in [-0.05, 0) is 50.0 Å². The lowest BCUT2D eigenvalue weighted by molar-refractivity contribution is -0.128. The van der Waals surface area contributed by atoms with E-state index in [1.165, 1.54) is 12.1 Å². The molecule has 1 aliphatic rings. The zero-order valence-electron chi connectivity index (χ0n) is 11.5. The van der Waals surface area contributed by atoms with Crippen LogP contribution in [0.25, 0.3) is 0 Å². The number of hydrogen-bond donors (Lipinski definition) is 2. The Balaban J connectivity index is 1.60. The van der Waals surface area contributed by atoms with Crippen molar-refractivity contribution in [3.63, 3.8) is 0 Å². The van der Waals surface area contributed by atoms with Crippen molar-refractivity contribution in [3.05, 3.63) is 35.6 Å². The highest BCUT2D eigenvalue weighted by atomic mass is 19.1. The first-order valence-corrected chi connectivity index (χ1v) is 7.07. The molecule has 1 aromatic rings. The van der Waals surface area contributed by atoms with Crippen LogP contribution >= 0.6 is 0 Å². The molecule has 0 atom stereocenters. The fraction of sp³-hybridized carbons (Fsp3) is 0.533. The molecule has 0 radical (unpaired) electrons. The summed E-state index contributed by atoms with van der Waals surface area (Å²) >= 11 is 0. The van der Waals surface area contributed by atoms with Crippen molar-refractivity contribution >= 4 is 5.91 Å². The molecule has 2 N–H and O–H groups in total. The van der Waals surface area contributed by atoms with E-state index in [4.69, 9.17) is 4.74 Å². The molecule has 0 aliphatic carbocycles. The first-order valence-electron chi connectivity index (χ1n) is 7.07. The van der Waals surface area contributed by atoms with Gasteiger partial charge < -0.3 is 15.4 Å². The highest BCUT2D eigenvalue weighted by Gasteiger charge is 2.14. The number of carbonyl (C=O) groups is 1. The predicted molar refractivity (Wildman–Crippen MR) is 75.0 cm³/mol. The van der Waals surface area contributed by atoms with Crippen LogP contribution in [0.2, 0.25) is 0 Å². The molecule has 1 saturated heterocycles. The summed E-state index contributed by atoms with van der Waals surface area (Å²) in [5, 5.41) is 6.04. The zero-order chi connectivity index (χ0) is 14.2. The molecule has 1 fully saturated rings. The minimum Gasteiger partial charge on any atom is -0.368 e. The first-order chi connectivity index (χ1) is 9.74. The third-order valence-corrected chi connectivity index (χ3v) is 3.36. The van der Waals surface area contributed by atoms with Crippen LogP contribution in [0.3, 0.4) is 0 Å². The molecule has 0 bridgehead atoms. The lowest BCUT2D eigenvalue weighted by Gasteiger charge is -2.22. The predicted octanol–water partition coefficient (Wildman–Crippen LogP) is 1.25. The lowest BCUT2D eigenvalue weighted by atomic mass is 10.1. The Morgan fingerprint density at radius 3 is 2.95 bits per heavy atom. The van der Waals surface area contributed by atoms with Gasteiger partial charge in [-0.3, -0.25) is 4.79 Å². The van der Waals surface area contributed by atoms with Gasteiger partial charge in [0.1, 0.15) is 12.4 Å². The van der Waals surface area contributed by atoms with E-state index in [0.29, 0.717) is 13.0 Å². The monoisotopic (exact) mass is 280 g/mol. The van der Waals surface area contributed by atoms with Crippen molar-refractivity contribution < 1.29 is 13.9 Å². The Kier molecular flexibility index (Phi) is 5.95. The fourth-order valence-corrected chi connectivity index (χ4v) is 2.25. The van der Waals surface area contributed by atoms with Crippen molar-refractivity contribution in [2.45, 2.75) is 25.4 Å². The van der Waals surface area contributed by atoms with Crippen LogP contribution in [0.4, 0.5) is 4.39 Å². The van der Waals surface area contributed by atoms with Crippen molar-refractivity contribution in [1.82, 2.24) is 10.6 Å². The number of ether oxygens (including phenoxy) is 1. The van der Waals surface area contributed by atoms with E-state index in [0.717, 1.165) is 31.5 Å². The van der Waals surface area contributed by atoms with E-state index in [2.05, 4.69) is 10.6 Å². The number of benzene rings is 1. The van der Waals surface area contributed by atoms with Crippen LogP contribution in [0, 0.1) is 5.82 Å². The Morgan fingerprint density at radius 1 is 1.40 bits per heavy atom. The van der Waals surface area contributed by atoms with Crippen LogP contribution in [0.5, 0.6) is 0 Å². The lowest BCUT2D eigenvalue weighted by Crippen LogP contribution is -2.36. The molecule has 0 aromatic heterocycles. The van der Waals surface area contributed by atoms with Gasteiger partial charge in [-0.1, -0.05) is 12.1 Å². The van der Waals surface area contributed by atoms with Gasteiger partial charge in [-0.2, -0.15) is 0 Å². The number of hydrogen-bond acceptors (Lipinski definition) is 3. The summed E-state index contributed by atoms with van der Waals surface area (Å²) in [7, 11) is 0. The molecule has 1 amide bonds. The maximum absolute atomic E-state index is 13.0. The molecule has 110 valence electrons. The molecule has 0 unspecified atom stereocenters. The molecule has 4 nitrogen and oxygen atoms in total. The molecule has 1 aliphatic heterocycles. The zero-order valence-corrected chi connectivity index (χ0v) is 11.5. The number of rotatable bonds is 6. The molecule has 20 heavy (non-hydrogen) atoms. The first kappa shape index (κ1) is 14.9. The normalized spacial score (nSPS) is 16.1. The molecule has 2 rings (SSSR count). The van der Waals surface area contributed by atoms with E-state index in [1.54, 1.807) is 6.07 Å². The smallest absolute Gasteiger partial charge is 0.246 e. The second-order valence-corrected chi connectivity index (χ2v) is 4.99. The van der Waals surface area contributed by atoms with Gasteiger partial charge >= 0.3 is 0 Å². The maximum Gasteiger partial charge on any atom is 0.246 e. The van der Waals surface area contributed by atoms with Gasteiger partial charge in [0.25, 0.3) is 0 Å². The standard InChI is InChI=1S/C15H21FN2O2/c16-13-3-1-2-12(10-13)4-9-18-15(19)11-20-14-5-7-17-8-6-14/h1-3,10,14,17H,4-9,11H2,(H,18,19). The summed E-state index contributed by atoms with van der Waals surface area (Å²) in [5.74, 6) is -0.358. The SMILES string of the molecule is O=C(COC1CCNCC1)NCCc1cccc(F)c1. The molecular formula is C15H21FN2O2. The van der Waals surface area contributed by atoms with Gasteiger partial charge in [0.2, 0.25) is 5.91 Å². The number of nitrogens with one attached hydrogen (secondary N) is 2. The average Bonchev–Trinajstić information content (AvgIpc) is 2.46. The molecule has 1 heterocycles. The van der Waals surface area contributed by atoms with E-state index in [-0.39, 0.29) is 24.4 Å². The van der Waals surface area contributed by atoms with Gasteiger partial charge in [0, 0.05) is 6.54 Å². The Morgan fingerprint density at radius 2 is 2.20 bits per heavy atom. The van der Waals surface area contributed by atoms with E-state index < -0.39 is 0 Å². The van der Waals surface area contributed by atoms with Crippen LogP contribution in [0.1, 0.15) is 18.4 Å². The summed E-state index contributed by atoms with van der Waals surface area (Å²) in [6.45, 7) is 2.50. The number of piperidine rings is 1. The summed E-state index contributed by atoms with van der Waals surface area (Å²) < 4.78 is 18.5. The van der Waals surface area contributed by atoms with E-state index >= 15 is 0 Å². The van der Waals surface area contributed by atoms with Crippen LogP contribution in [-0.2, 0) is 16.0 Å². The molecular weight excluding hydrogens is 259 g/mol. The molecule has 0 saturated carbocycles. The molecule has 0 spiro atoms. The third kappa shape index (κ3) is 5.27. The number of carbonyl (C=O) groups excluding carboxylic acids is 1. The second-order valence-electron chi connectivity index (χ2n) is 4.99. The largest absolute Gasteiger partial charge is 0.368 e. The fourth-order valence-electron chi connectivity index (χ4n) is 2.25. The Bertz CT molecular complexity index is 434. The summed E-state index contributed by atoms with van der Waals surface area (Å²) in [6.07, 6.45) is 2.72. The van der Waals surface area contributed by atoms with Gasteiger partial charge in [-0.15, -0.1) is 0 Å². The minimum atomic E-state index is -0.247. The van der Waals surface area contributed by atoms with E-state index in [1.807, 2.05) is 6.07 Å². The average molecular weight is 280 g/mol. The van der Waals surface area contributed by atoms with Crippen molar-refractivity contribution in [1.29, 1.82) is 0 Å². The third-order valence-electron chi connectivity index (χ3n) is 3.36. The summed E-state index contributed by atoms with van der Waals surface area (Å²) in [5.41, 5.74) is 0.879. The van der Waals surface area contributed by atoms with Crippen molar-refractivity contribution in [2.24, 2.45) is 0 Å². The van der Waals surface area contributed by atoms with Crippen LogP contribution in [0.15, 0.2) is 24.3 Å². The van der Waals surface area contributed by atoms with Gasteiger partial charge in [-0.25, -0.2) is 4.39 Å². The van der Waals surface area contributed by atoms with Crippen LogP contribution in [-0.4, -0.2) is 38.3 Å². The Hall–Kier alpha value is -1.46. The van der Waals surface area contributed by atoms with Crippen molar-refractivity contribution in [2.75, 3.05) is 26.2 Å². The molecule has 5 heteroatoms. The highest BCUT2D eigenvalue weighted by molar-refractivity contribution is 5.77. The number of amides is 1. The second kappa shape index (κ2) is 7.97. The summed E-state index contributed by atoms with van der Waals surface area (Å²) in [6, 6.07) is 6.42. The topological polar surface area (TPSA) is 50.4 Å². The van der Waals surface area contributed by atoms with Gasteiger partial charge in [0.05, 0.1) is 6.10 Å². The van der Waals surface area contributed by atoms with Crippen molar-refractivity contribution in [3.8, 4) is 0 Å². The summed E-state index contributed by atoms with van der Waals surface area (Å²) in [4.78, 5) is 11.6. The quantitative estimate of drug-likeness (QED) is 0.824. The molecule has 1 aromatic carbocycles. The van der Waals surface area contributed by atoms with Crippen LogP contribution < -0.4 is 10.6 Å². The maximum atomic E-state index is 13.0. The highest BCUT2D eigenvalue weighted by Crippen LogP contribution is 2.06. The minimum absolute atomic E-state index is 0.105. The van der Waals surface area contributed by atoms with E-state index in [9.17, 15) is 9.18 Å². The Labute approximate surface area is 118 Å².